The molecule has 0 amide bonds. The first-order chi connectivity index (χ1) is 18.5. The Kier molecular flexibility index (Phi) is 8.10. The second-order valence-corrected chi connectivity index (χ2v) is 14.0. The predicted octanol–water partition coefficient (Wildman–Crippen LogP) is 7.81. The van der Waals surface area contributed by atoms with Crippen molar-refractivity contribution < 1.29 is 19.7 Å². The van der Waals surface area contributed by atoms with Gasteiger partial charge in [0, 0.05) is 24.0 Å². The molecule has 0 radical (unpaired) electrons. The Morgan fingerprint density at radius 2 is 1.10 bits per heavy atom. The van der Waals surface area contributed by atoms with Crippen molar-refractivity contribution in [2.75, 3.05) is 6.79 Å². The predicted molar refractivity (Wildman–Crippen MR) is 158 cm³/mol. The molecule has 1 aliphatic heterocycles. The van der Waals surface area contributed by atoms with E-state index in [1.54, 1.807) is 0 Å². The minimum absolute atomic E-state index is 0.124. The van der Waals surface area contributed by atoms with Crippen LogP contribution in [0.1, 0.15) is 91.2 Å². The fraction of sp³-hybridized carbons (Fsp3) is 0.657. The summed E-state index contributed by atoms with van der Waals surface area (Å²) in [5.41, 5.74) is 2.65. The number of aliphatic hydroxyl groups is 2. The molecule has 2 aromatic rings. The molecule has 2 aliphatic carbocycles. The van der Waals surface area contributed by atoms with Gasteiger partial charge in [-0.2, -0.15) is 0 Å². The monoisotopic (exact) mass is 534 g/mol. The summed E-state index contributed by atoms with van der Waals surface area (Å²) in [5.74, 6) is 4.10. The standard InChI is InChI=1S/C35H50O4/c1-22(2)30-15-13-24(5)17-34(30,36)19-26-9-7-11-28-29-12-8-10-27(33(29)39-21-38-32(26)28)20-35(37)18-25(6)14-16-31(35)23(3)4/h7-12,22-25,30-31,36-37H,13-21H2,1-6H3/t24-,25-,30+,31+,34-,35-/m1/s1. The average molecular weight is 535 g/mol. The second-order valence-electron chi connectivity index (χ2n) is 14.0. The average Bonchev–Trinajstić information content (AvgIpc) is 3.04. The quantitative estimate of drug-likeness (QED) is 0.397. The van der Waals surface area contributed by atoms with Gasteiger partial charge in [0.1, 0.15) is 11.5 Å². The topological polar surface area (TPSA) is 58.9 Å². The van der Waals surface area contributed by atoms with Gasteiger partial charge in [0.15, 0.2) is 0 Å². The molecular formula is C35H50O4. The van der Waals surface area contributed by atoms with Crippen molar-refractivity contribution in [1.29, 1.82) is 0 Å². The third-order valence-corrected chi connectivity index (χ3v) is 10.2. The van der Waals surface area contributed by atoms with Gasteiger partial charge in [0.25, 0.3) is 0 Å². The summed E-state index contributed by atoms with van der Waals surface area (Å²) >= 11 is 0. The summed E-state index contributed by atoms with van der Waals surface area (Å²) in [4.78, 5) is 0. The fourth-order valence-corrected chi connectivity index (χ4v) is 8.51. The number of para-hydroxylation sites is 2. The van der Waals surface area contributed by atoms with Gasteiger partial charge in [-0.25, -0.2) is 0 Å². The van der Waals surface area contributed by atoms with E-state index in [4.69, 9.17) is 9.47 Å². The van der Waals surface area contributed by atoms with Crippen LogP contribution in [0.3, 0.4) is 0 Å². The number of hydrogen-bond acceptors (Lipinski definition) is 4. The molecule has 5 rings (SSSR count). The maximum Gasteiger partial charge on any atom is 0.230 e. The van der Waals surface area contributed by atoms with Gasteiger partial charge >= 0.3 is 0 Å². The lowest BCUT2D eigenvalue weighted by atomic mass is 9.64. The van der Waals surface area contributed by atoms with E-state index in [-0.39, 0.29) is 18.6 Å². The van der Waals surface area contributed by atoms with E-state index in [1.165, 1.54) is 12.8 Å². The van der Waals surface area contributed by atoms with Crippen molar-refractivity contribution in [3.8, 4) is 22.6 Å². The molecule has 0 unspecified atom stereocenters. The zero-order chi connectivity index (χ0) is 27.9. The van der Waals surface area contributed by atoms with E-state index in [1.807, 2.05) is 0 Å². The summed E-state index contributed by atoms with van der Waals surface area (Å²) in [6.45, 7) is 13.6. The van der Waals surface area contributed by atoms with E-state index >= 15 is 0 Å². The second kappa shape index (κ2) is 11.1. The number of fused-ring (bicyclic) bond motifs is 3. The van der Waals surface area contributed by atoms with E-state index in [0.29, 0.717) is 36.5 Å². The van der Waals surface area contributed by atoms with Crippen LogP contribution < -0.4 is 9.47 Å². The van der Waals surface area contributed by atoms with Gasteiger partial charge in [-0.15, -0.1) is 0 Å². The highest BCUT2D eigenvalue weighted by Crippen LogP contribution is 2.49. The molecule has 2 N–H and O–H groups in total. The molecule has 6 atom stereocenters. The summed E-state index contributed by atoms with van der Waals surface area (Å²) in [5, 5.41) is 24.0. The lowest BCUT2D eigenvalue weighted by Crippen LogP contribution is -2.47. The van der Waals surface area contributed by atoms with Crippen molar-refractivity contribution in [1.82, 2.24) is 0 Å². The Bertz CT molecular complexity index is 1070. The Morgan fingerprint density at radius 1 is 0.692 bits per heavy atom. The number of ether oxygens (including phenoxy) is 2. The molecule has 0 bridgehead atoms. The van der Waals surface area contributed by atoms with Crippen LogP contribution in [0.4, 0.5) is 0 Å². The molecule has 3 aliphatic rings. The van der Waals surface area contributed by atoms with Crippen molar-refractivity contribution >= 4 is 0 Å². The molecular weight excluding hydrogens is 484 g/mol. The summed E-state index contributed by atoms with van der Waals surface area (Å²) in [6.07, 6.45) is 7.33. The first kappa shape index (κ1) is 28.5. The number of rotatable bonds is 6. The number of benzene rings is 2. The zero-order valence-electron chi connectivity index (χ0n) is 25.0. The molecule has 2 fully saturated rings. The van der Waals surface area contributed by atoms with Gasteiger partial charge in [-0.3, -0.25) is 0 Å². The third-order valence-electron chi connectivity index (χ3n) is 10.2. The van der Waals surface area contributed by atoms with Gasteiger partial charge in [-0.1, -0.05) is 90.8 Å². The fourth-order valence-electron chi connectivity index (χ4n) is 8.51. The van der Waals surface area contributed by atoms with E-state index < -0.39 is 11.2 Å². The van der Waals surface area contributed by atoms with Gasteiger partial charge in [0.2, 0.25) is 6.79 Å². The Morgan fingerprint density at radius 3 is 1.49 bits per heavy atom. The van der Waals surface area contributed by atoms with Crippen LogP contribution in [0.25, 0.3) is 11.1 Å². The molecule has 4 nitrogen and oxygen atoms in total. The largest absolute Gasteiger partial charge is 0.457 e. The molecule has 0 spiro atoms. The van der Waals surface area contributed by atoms with Crippen LogP contribution in [0, 0.1) is 35.5 Å². The maximum atomic E-state index is 12.0. The Hall–Kier alpha value is -2.04. The van der Waals surface area contributed by atoms with Crippen LogP contribution in [-0.2, 0) is 12.8 Å². The Balaban J connectivity index is 1.50. The molecule has 2 saturated carbocycles. The smallest absolute Gasteiger partial charge is 0.230 e. The molecule has 4 heteroatoms. The third kappa shape index (κ3) is 5.61. The normalized spacial score (nSPS) is 32.7. The van der Waals surface area contributed by atoms with Crippen LogP contribution in [0.15, 0.2) is 36.4 Å². The first-order valence-corrected chi connectivity index (χ1v) is 15.4. The van der Waals surface area contributed by atoms with E-state index in [2.05, 4.69) is 77.9 Å². The molecule has 39 heavy (non-hydrogen) atoms. The van der Waals surface area contributed by atoms with E-state index in [0.717, 1.165) is 59.4 Å². The number of hydrogen-bond donors (Lipinski definition) is 2. The highest BCUT2D eigenvalue weighted by Gasteiger charge is 2.45. The molecule has 0 saturated heterocycles. The van der Waals surface area contributed by atoms with Crippen molar-refractivity contribution in [2.45, 2.75) is 104 Å². The molecule has 214 valence electrons. The van der Waals surface area contributed by atoms with E-state index in [9.17, 15) is 10.2 Å². The minimum Gasteiger partial charge on any atom is -0.457 e. The first-order valence-electron chi connectivity index (χ1n) is 15.4. The van der Waals surface area contributed by atoms with Crippen LogP contribution in [0.5, 0.6) is 11.5 Å². The lowest BCUT2D eigenvalue weighted by molar-refractivity contribution is -0.0800. The molecule has 2 aromatic carbocycles. The minimum atomic E-state index is -0.741. The lowest BCUT2D eigenvalue weighted by Gasteiger charge is -2.45. The SMILES string of the molecule is CC(C)[C@@H]1CC[C@@H](C)C[C@@]1(O)Cc1cccc2c1OCOc1c(C[C@]3(O)C[C@H](C)CC[C@H]3C(C)C)cccc1-2. The van der Waals surface area contributed by atoms with Crippen LogP contribution in [-0.4, -0.2) is 28.2 Å². The van der Waals surface area contributed by atoms with Crippen molar-refractivity contribution in [3.05, 3.63) is 47.5 Å². The summed E-state index contributed by atoms with van der Waals surface area (Å²) in [7, 11) is 0. The summed E-state index contributed by atoms with van der Waals surface area (Å²) < 4.78 is 12.6. The molecule has 0 aromatic heterocycles. The van der Waals surface area contributed by atoms with Crippen LogP contribution in [0.2, 0.25) is 0 Å². The zero-order valence-corrected chi connectivity index (χ0v) is 25.0. The highest BCUT2D eigenvalue weighted by molar-refractivity contribution is 5.79. The highest BCUT2D eigenvalue weighted by atomic mass is 16.7. The van der Waals surface area contributed by atoms with Gasteiger partial charge < -0.3 is 19.7 Å². The Labute approximate surface area is 236 Å². The van der Waals surface area contributed by atoms with Gasteiger partial charge in [-0.05, 0) is 72.3 Å². The summed E-state index contributed by atoms with van der Waals surface area (Å²) in [6, 6.07) is 12.6. The van der Waals surface area contributed by atoms with Gasteiger partial charge in [0.05, 0.1) is 11.2 Å². The van der Waals surface area contributed by atoms with Crippen molar-refractivity contribution in [2.24, 2.45) is 35.5 Å². The maximum absolute atomic E-state index is 12.0. The molecule has 1 heterocycles. The van der Waals surface area contributed by atoms with Crippen LogP contribution >= 0.6 is 0 Å². The van der Waals surface area contributed by atoms with Crippen molar-refractivity contribution in [3.63, 3.8) is 0 Å².